The summed E-state index contributed by atoms with van der Waals surface area (Å²) in [7, 11) is 0. The first kappa shape index (κ1) is 31.3. The van der Waals surface area contributed by atoms with E-state index in [4.69, 9.17) is 4.74 Å². The molecule has 4 rings (SSSR count). The summed E-state index contributed by atoms with van der Waals surface area (Å²) in [5, 5.41) is 0. The van der Waals surface area contributed by atoms with Gasteiger partial charge in [0.05, 0.1) is 12.2 Å². The van der Waals surface area contributed by atoms with E-state index in [2.05, 4.69) is 4.74 Å². The van der Waals surface area contributed by atoms with Crippen molar-refractivity contribution < 1.29 is 53.4 Å². The molecule has 0 aliphatic carbocycles. The van der Waals surface area contributed by atoms with E-state index >= 15 is 0 Å². The van der Waals surface area contributed by atoms with Crippen molar-refractivity contribution >= 4 is 0 Å². The van der Waals surface area contributed by atoms with Crippen LogP contribution in [0.25, 0.3) is 11.1 Å². The van der Waals surface area contributed by atoms with Gasteiger partial charge in [0.2, 0.25) is 0 Å². The molecule has 0 aromatic heterocycles. The zero-order valence-electron chi connectivity index (χ0n) is 21.9. The van der Waals surface area contributed by atoms with Crippen molar-refractivity contribution in [2.45, 2.75) is 25.9 Å². The van der Waals surface area contributed by atoms with E-state index < -0.39 is 80.6 Å². The summed E-state index contributed by atoms with van der Waals surface area (Å²) in [5.41, 5.74) is -4.18. The van der Waals surface area contributed by atoms with E-state index in [-0.39, 0.29) is 23.4 Å². The van der Waals surface area contributed by atoms with Gasteiger partial charge in [-0.2, -0.15) is 8.78 Å². The van der Waals surface area contributed by atoms with Crippen LogP contribution in [-0.2, 0) is 6.11 Å². The Hall–Kier alpha value is -4.66. The molecule has 0 spiro atoms. The van der Waals surface area contributed by atoms with Gasteiger partial charge in [0.25, 0.3) is 0 Å². The topological polar surface area (TPSA) is 18.5 Å². The largest absolute Gasteiger partial charge is 0.493 e. The zero-order chi connectivity index (χ0) is 31.5. The number of rotatable bonds is 8. The van der Waals surface area contributed by atoms with Crippen LogP contribution in [0.4, 0.5) is 43.9 Å². The quantitative estimate of drug-likeness (QED) is 0.0855. The average Bonchev–Trinajstić information content (AvgIpc) is 2.90. The minimum atomic E-state index is -4.81. The van der Waals surface area contributed by atoms with Crippen molar-refractivity contribution in [3.63, 3.8) is 0 Å². The molecule has 0 aliphatic heterocycles. The summed E-state index contributed by atoms with van der Waals surface area (Å²) in [6.07, 6.45) is -3.27. The highest BCUT2D eigenvalue weighted by Gasteiger charge is 2.41. The minimum Gasteiger partial charge on any atom is -0.493 e. The molecule has 224 valence electrons. The first-order valence-corrected chi connectivity index (χ1v) is 12.5. The van der Waals surface area contributed by atoms with Crippen molar-refractivity contribution in [2.75, 3.05) is 6.61 Å². The van der Waals surface area contributed by atoms with Crippen LogP contribution >= 0.6 is 0 Å². The highest BCUT2D eigenvalue weighted by molar-refractivity contribution is 5.66. The lowest BCUT2D eigenvalue weighted by Gasteiger charge is -2.20. The highest BCUT2D eigenvalue weighted by Crippen LogP contribution is 2.38. The molecular weight excluding hydrogens is 594 g/mol. The molecular formula is C31H18F10O2. The zero-order valence-corrected chi connectivity index (χ0v) is 21.9. The molecule has 0 saturated heterocycles. The van der Waals surface area contributed by atoms with Gasteiger partial charge in [0.1, 0.15) is 46.1 Å². The summed E-state index contributed by atoms with van der Waals surface area (Å²) in [4.78, 5) is 0. The Morgan fingerprint density at radius 3 is 1.79 bits per heavy atom. The molecule has 12 heteroatoms. The van der Waals surface area contributed by atoms with Gasteiger partial charge in [-0.1, -0.05) is 25.2 Å². The Morgan fingerprint density at radius 2 is 1.23 bits per heavy atom. The lowest BCUT2D eigenvalue weighted by molar-refractivity contribution is -0.189. The molecule has 0 amide bonds. The average molecular weight is 612 g/mol. The normalized spacial score (nSPS) is 11.2. The molecule has 0 atom stereocenters. The minimum absolute atomic E-state index is 0.155. The first-order chi connectivity index (χ1) is 20.3. The van der Waals surface area contributed by atoms with Crippen molar-refractivity contribution in [3.8, 4) is 34.5 Å². The number of halogens is 10. The van der Waals surface area contributed by atoms with Gasteiger partial charge in [0.15, 0.2) is 17.5 Å². The second-order valence-corrected chi connectivity index (χ2v) is 9.04. The Bertz CT molecular complexity index is 1670. The smallest absolute Gasteiger partial charge is 0.432 e. The molecule has 2 nitrogen and oxygen atoms in total. The van der Waals surface area contributed by atoms with E-state index in [1.807, 2.05) is 18.8 Å². The summed E-state index contributed by atoms with van der Waals surface area (Å²) in [6, 6.07) is 5.72. The summed E-state index contributed by atoms with van der Waals surface area (Å²) in [6.45, 7) is 2.23. The Balaban J connectivity index is 1.58. The van der Waals surface area contributed by atoms with Crippen LogP contribution < -0.4 is 9.47 Å². The van der Waals surface area contributed by atoms with Crippen molar-refractivity contribution in [1.82, 2.24) is 0 Å². The SMILES string of the molecule is CCCCOc1ccc(-c2cc(F)c(C(F)(F)Oc3cc(F)c(C#Cc4cc(F)c(F)c(F)c4)c(F)c3)c(F)c2)c(F)c1. The number of benzene rings is 4. The molecule has 0 N–H and O–H groups in total. The van der Waals surface area contributed by atoms with Crippen LogP contribution in [0.2, 0.25) is 0 Å². The predicted octanol–water partition coefficient (Wildman–Crippen LogP) is 9.17. The third kappa shape index (κ3) is 7.05. The highest BCUT2D eigenvalue weighted by atomic mass is 19.3. The van der Waals surface area contributed by atoms with E-state index in [1.54, 1.807) is 0 Å². The maximum absolute atomic E-state index is 14.9. The van der Waals surface area contributed by atoms with E-state index in [0.717, 1.165) is 18.6 Å². The number of ether oxygens (including phenoxy) is 2. The van der Waals surface area contributed by atoms with Crippen LogP contribution in [-0.4, -0.2) is 6.61 Å². The fourth-order valence-corrected chi connectivity index (χ4v) is 3.85. The fraction of sp³-hybridized carbons (Fsp3) is 0.161. The van der Waals surface area contributed by atoms with Crippen molar-refractivity contribution in [1.29, 1.82) is 0 Å². The van der Waals surface area contributed by atoms with Crippen LogP contribution in [0.15, 0.2) is 54.6 Å². The Labute approximate surface area is 238 Å². The molecule has 4 aromatic rings. The monoisotopic (exact) mass is 612 g/mol. The third-order valence-corrected chi connectivity index (χ3v) is 5.93. The second kappa shape index (κ2) is 12.7. The second-order valence-electron chi connectivity index (χ2n) is 9.04. The predicted molar refractivity (Wildman–Crippen MR) is 135 cm³/mol. The van der Waals surface area contributed by atoms with E-state index in [0.29, 0.717) is 37.3 Å². The Kier molecular flexibility index (Phi) is 9.23. The van der Waals surface area contributed by atoms with Crippen LogP contribution in [0.3, 0.4) is 0 Å². The summed E-state index contributed by atoms with van der Waals surface area (Å²) in [5.74, 6) is -9.93. The fourth-order valence-electron chi connectivity index (χ4n) is 3.85. The maximum Gasteiger partial charge on any atom is 0.432 e. The molecule has 0 aliphatic rings. The van der Waals surface area contributed by atoms with Gasteiger partial charge >= 0.3 is 6.11 Å². The summed E-state index contributed by atoms with van der Waals surface area (Å²) >= 11 is 0. The molecule has 0 radical (unpaired) electrons. The standard InChI is InChI=1S/C31H18F10O2/c1-2-3-8-42-18-5-7-20(22(32)13-18)17-11-25(35)29(26(36)12-17)31(40,41)43-19-14-23(33)21(24(34)15-19)6-4-16-9-27(37)30(39)28(38)10-16/h5,7,9-15H,2-3,8H2,1H3. The molecule has 0 fully saturated rings. The number of hydrogen-bond acceptors (Lipinski definition) is 2. The molecule has 4 aromatic carbocycles. The molecule has 0 heterocycles. The molecule has 43 heavy (non-hydrogen) atoms. The molecule has 0 saturated carbocycles. The van der Waals surface area contributed by atoms with Gasteiger partial charge in [-0.15, -0.1) is 0 Å². The van der Waals surface area contributed by atoms with Crippen LogP contribution in [0.1, 0.15) is 36.5 Å². The van der Waals surface area contributed by atoms with Crippen LogP contribution in [0, 0.1) is 58.4 Å². The van der Waals surface area contributed by atoms with E-state index in [1.165, 1.54) is 6.07 Å². The van der Waals surface area contributed by atoms with E-state index in [9.17, 15) is 43.9 Å². The van der Waals surface area contributed by atoms with Gasteiger partial charge in [-0.3, -0.25) is 0 Å². The number of hydrogen-bond donors (Lipinski definition) is 0. The van der Waals surface area contributed by atoms with Gasteiger partial charge < -0.3 is 9.47 Å². The third-order valence-electron chi connectivity index (χ3n) is 5.93. The van der Waals surface area contributed by atoms with Gasteiger partial charge in [-0.05, 0) is 48.4 Å². The van der Waals surface area contributed by atoms with Gasteiger partial charge in [-0.25, -0.2) is 35.1 Å². The summed E-state index contributed by atoms with van der Waals surface area (Å²) < 4.78 is 152. The lowest BCUT2D eigenvalue weighted by atomic mass is 10.0. The van der Waals surface area contributed by atoms with Crippen molar-refractivity contribution in [3.05, 3.63) is 118 Å². The number of unbranched alkanes of at least 4 members (excludes halogenated alkanes) is 1. The molecule has 0 unspecified atom stereocenters. The Morgan fingerprint density at radius 1 is 0.651 bits per heavy atom. The first-order valence-electron chi connectivity index (χ1n) is 12.5. The number of alkyl halides is 2. The van der Waals surface area contributed by atoms with Crippen molar-refractivity contribution in [2.24, 2.45) is 0 Å². The van der Waals surface area contributed by atoms with Crippen LogP contribution in [0.5, 0.6) is 11.5 Å². The molecule has 0 bridgehead atoms. The van der Waals surface area contributed by atoms with Gasteiger partial charge in [0, 0.05) is 29.3 Å². The maximum atomic E-state index is 14.9. The lowest BCUT2D eigenvalue weighted by Crippen LogP contribution is -2.25.